The van der Waals surface area contributed by atoms with Crippen LogP contribution >= 0.6 is 0 Å². The van der Waals surface area contributed by atoms with E-state index in [1.54, 1.807) is 84.9 Å². The standard InChI is InChI=1S/2C24H26N6O2.C22H22N6O2.9H2/c1-29(2)19-11-12-30(15-19)24(32)17-8-6-7-16(13-17)20-14-26-22(25)21(28-20)23(31)27-18-9-4-3-5-10-18;25-22-21(24(32)28-19-9-2-1-3-10-19)29-20(16-27-22)17-7-6-8-18(15-17)23(31)26-11-14-30-12-4-5-13-30;23-20-19(21(29)26-17-7-2-1-3-8-17)27-18(14-25-20)15-5-4-6-16(13-15)22(30)28-11-9-24-10-12-28;;;;;;;;;/h3-10,13-14,19H,11-12,15H2,1-2H3,(H2,25,26)(H,27,31);1-3,6-10,15-16H,4-5,11-14H2,(H2,25,27)(H,26,31)(H,28,32);1-8,13-14,24H,9-12H2,(H2,23,25)(H,26,29);9*1H/t19-;;;;;;;;;;;/m1.........../s1. The van der Waals surface area contributed by atoms with E-state index in [0.29, 0.717) is 99.7 Å². The van der Waals surface area contributed by atoms with Gasteiger partial charge in [-0.1, -0.05) is 91.0 Å². The molecule has 24 heteroatoms. The summed E-state index contributed by atoms with van der Waals surface area (Å²) < 4.78 is 0. The molecule has 498 valence electrons. The Morgan fingerprint density at radius 3 is 1.29 bits per heavy atom. The predicted molar refractivity (Wildman–Crippen MR) is 383 cm³/mol. The molecule has 0 saturated carbocycles. The third-order valence-corrected chi connectivity index (χ3v) is 15.9. The molecule has 3 aliphatic rings. The molecule has 0 aliphatic carbocycles. The third kappa shape index (κ3) is 17.4. The zero-order chi connectivity index (χ0) is 65.9. The van der Waals surface area contributed by atoms with Crippen molar-refractivity contribution in [2.24, 2.45) is 0 Å². The van der Waals surface area contributed by atoms with E-state index in [0.717, 1.165) is 45.7 Å². The molecule has 3 aromatic heterocycles. The van der Waals surface area contributed by atoms with Crippen molar-refractivity contribution in [3.8, 4) is 33.8 Å². The fraction of sp³-hybridized carbons (Fsp3) is 0.229. The number of nitrogens with zero attached hydrogens (tertiary/aromatic N) is 10. The maximum atomic E-state index is 13.0. The Balaban J connectivity index is 0.000000741. The summed E-state index contributed by atoms with van der Waals surface area (Å²) in [7, 11) is 4.06. The molecule has 11 N–H and O–H groups in total. The van der Waals surface area contributed by atoms with Crippen LogP contribution in [0.2, 0.25) is 0 Å². The monoisotopic (exact) mass is 1280 g/mol. The maximum absolute atomic E-state index is 13.0. The van der Waals surface area contributed by atoms with Crippen LogP contribution in [0, 0.1) is 0 Å². The van der Waals surface area contributed by atoms with Gasteiger partial charge in [0, 0.05) is 122 Å². The number of anilines is 6. The van der Waals surface area contributed by atoms with Crippen LogP contribution < -0.4 is 43.8 Å². The van der Waals surface area contributed by atoms with Crippen LogP contribution in [-0.4, -0.2) is 171 Å². The highest BCUT2D eigenvalue weighted by atomic mass is 16.2. The third-order valence-electron chi connectivity index (χ3n) is 15.9. The maximum Gasteiger partial charge on any atom is 0.278 e. The van der Waals surface area contributed by atoms with Gasteiger partial charge in [0.25, 0.3) is 35.4 Å². The molecular formula is C70H92N18O6. The average Bonchev–Trinajstić information content (AvgIpc) is 1.24. The number of para-hydroxylation sites is 3. The van der Waals surface area contributed by atoms with E-state index in [-0.39, 0.29) is 65.1 Å². The molecule has 6 heterocycles. The molecule has 6 amide bonds. The van der Waals surface area contributed by atoms with Crippen LogP contribution in [0.3, 0.4) is 0 Å². The average molecular weight is 1280 g/mol. The lowest BCUT2D eigenvalue weighted by Gasteiger charge is -2.27. The quantitative estimate of drug-likeness (QED) is 0.0446. The zero-order valence-electron chi connectivity index (χ0n) is 52.2. The number of nitrogens with two attached hydrogens (primary N) is 3. The van der Waals surface area contributed by atoms with Crippen LogP contribution in [0.25, 0.3) is 33.8 Å². The summed E-state index contributed by atoms with van der Waals surface area (Å²) in [5.74, 6) is -1.39. The summed E-state index contributed by atoms with van der Waals surface area (Å²) in [6.07, 6.45) is 7.92. The lowest BCUT2D eigenvalue weighted by Crippen LogP contribution is -2.46. The summed E-state index contributed by atoms with van der Waals surface area (Å²) in [4.78, 5) is 110. The molecule has 6 aromatic carbocycles. The lowest BCUT2D eigenvalue weighted by atomic mass is 10.1. The Kier molecular flexibility index (Phi) is 22.1. The Morgan fingerprint density at radius 1 is 0.489 bits per heavy atom. The first-order valence-corrected chi connectivity index (χ1v) is 30.9. The van der Waals surface area contributed by atoms with Crippen molar-refractivity contribution in [3.05, 3.63) is 216 Å². The number of carbonyl (C=O) groups is 6. The van der Waals surface area contributed by atoms with Crippen LogP contribution in [0.15, 0.2) is 182 Å². The van der Waals surface area contributed by atoms with Gasteiger partial charge < -0.3 is 63.4 Å². The molecule has 94 heavy (non-hydrogen) atoms. The van der Waals surface area contributed by atoms with Gasteiger partial charge in [-0.25, -0.2) is 29.9 Å². The molecule has 3 fully saturated rings. The number of likely N-dealkylation sites (N-methyl/N-ethyl adjacent to an activating group) is 1. The molecule has 0 spiro atoms. The predicted octanol–water partition coefficient (Wildman–Crippen LogP) is 9.80. The smallest absolute Gasteiger partial charge is 0.278 e. The largest absolute Gasteiger partial charge is 0.382 e. The minimum Gasteiger partial charge on any atom is -0.382 e. The Labute approximate surface area is 557 Å². The first-order valence-electron chi connectivity index (χ1n) is 30.9. The zero-order valence-corrected chi connectivity index (χ0v) is 52.2. The summed E-state index contributed by atoms with van der Waals surface area (Å²) >= 11 is 0. The Morgan fingerprint density at radius 2 is 0.883 bits per heavy atom. The minimum atomic E-state index is -0.445. The number of amides is 6. The molecule has 12 rings (SSSR count). The number of aromatic nitrogens is 6. The van der Waals surface area contributed by atoms with Gasteiger partial charge in [-0.2, -0.15) is 0 Å². The van der Waals surface area contributed by atoms with Crippen LogP contribution in [0.1, 0.15) is 94.6 Å². The molecule has 24 nitrogen and oxygen atoms in total. The number of carbonyl (C=O) groups excluding carboxylic acids is 6. The van der Waals surface area contributed by atoms with Gasteiger partial charge in [0.1, 0.15) is 0 Å². The number of hydrogen-bond acceptors (Lipinski definition) is 18. The van der Waals surface area contributed by atoms with E-state index in [1.807, 2.05) is 103 Å². The molecule has 0 radical (unpaired) electrons. The van der Waals surface area contributed by atoms with Crippen LogP contribution in [0.5, 0.6) is 0 Å². The van der Waals surface area contributed by atoms with E-state index in [9.17, 15) is 28.8 Å². The Bertz CT molecular complexity index is 4180. The van der Waals surface area contributed by atoms with Crippen molar-refractivity contribution in [3.63, 3.8) is 0 Å². The fourth-order valence-electron chi connectivity index (χ4n) is 10.7. The molecule has 0 unspecified atom stereocenters. The van der Waals surface area contributed by atoms with E-state index in [2.05, 4.69) is 66.3 Å². The van der Waals surface area contributed by atoms with Gasteiger partial charge in [0.2, 0.25) is 0 Å². The van der Waals surface area contributed by atoms with E-state index < -0.39 is 17.7 Å². The van der Waals surface area contributed by atoms with Crippen molar-refractivity contribution in [2.45, 2.75) is 25.3 Å². The van der Waals surface area contributed by atoms with Gasteiger partial charge in [0.05, 0.1) is 35.7 Å². The van der Waals surface area contributed by atoms with Crippen molar-refractivity contribution in [1.82, 2.24) is 60.1 Å². The second-order valence-electron chi connectivity index (χ2n) is 22.7. The van der Waals surface area contributed by atoms with Gasteiger partial charge in [-0.05, 0) is 119 Å². The van der Waals surface area contributed by atoms with Crippen molar-refractivity contribution in [1.29, 1.82) is 0 Å². The highest BCUT2D eigenvalue weighted by molar-refractivity contribution is 6.08. The highest BCUT2D eigenvalue weighted by Crippen LogP contribution is 2.26. The first-order chi connectivity index (χ1) is 45.6. The van der Waals surface area contributed by atoms with E-state index in [1.165, 1.54) is 31.4 Å². The number of nitrogens with one attached hydrogen (secondary N) is 5. The first kappa shape index (κ1) is 65.6. The van der Waals surface area contributed by atoms with Gasteiger partial charge in [0.15, 0.2) is 34.5 Å². The molecule has 3 aliphatic heterocycles. The van der Waals surface area contributed by atoms with Gasteiger partial charge in [-0.3, -0.25) is 28.8 Å². The normalized spacial score (nSPS) is 14.4. The number of nitrogen functional groups attached to an aromatic ring is 3. The summed E-state index contributed by atoms with van der Waals surface area (Å²) in [5.41, 5.74) is 24.9. The molecule has 3 saturated heterocycles. The summed E-state index contributed by atoms with van der Waals surface area (Å²) in [6, 6.07) is 49.0. The number of likely N-dealkylation sites (tertiary alicyclic amines) is 2. The number of hydrogen-bond donors (Lipinski definition) is 8. The van der Waals surface area contributed by atoms with Crippen molar-refractivity contribution >= 4 is 70.0 Å². The summed E-state index contributed by atoms with van der Waals surface area (Å²) in [6.45, 7) is 8.03. The SMILES string of the molecule is CN(C)[C@@H]1CCN(C(=O)c2cccc(-c3cnc(N)c(C(=O)Nc4ccccc4)n3)c2)C1.Nc1ncc(-c2cccc(C(=O)N3CCNCC3)c2)nc1C(=O)Nc1ccccc1.Nc1ncc(-c2cccc(C(=O)NCCN3CCCC3)c2)nc1C(=O)Nc1ccccc1.[HH].[HH].[HH].[HH].[HH].[HH].[HH].[HH].[HH]. The van der Waals surface area contributed by atoms with Gasteiger partial charge >= 0.3 is 0 Å². The van der Waals surface area contributed by atoms with Crippen molar-refractivity contribution in [2.75, 3.05) is 113 Å². The molecule has 9 aromatic rings. The number of piperazine rings is 1. The lowest BCUT2D eigenvalue weighted by molar-refractivity contribution is 0.0734. The van der Waals surface area contributed by atoms with Gasteiger partial charge in [-0.15, -0.1) is 0 Å². The minimum absolute atomic E-state index is 0. The molecule has 0 bridgehead atoms. The molecular weight excluding hydrogens is 1190 g/mol. The van der Waals surface area contributed by atoms with E-state index in [4.69, 9.17) is 17.2 Å². The summed E-state index contributed by atoms with van der Waals surface area (Å²) in [5, 5.41) is 14.5. The highest BCUT2D eigenvalue weighted by Gasteiger charge is 2.29. The van der Waals surface area contributed by atoms with Crippen LogP contribution in [-0.2, 0) is 0 Å². The Hall–Kier alpha value is -11.3. The number of benzene rings is 6. The topological polar surface area (TPSA) is 331 Å². The second-order valence-corrected chi connectivity index (χ2v) is 22.7. The van der Waals surface area contributed by atoms with Crippen molar-refractivity contribution < 1.29 is 41.6 Å². The van der Waals surface area contributed by atoms with E-state index >= 15 is 0 Å². The number of rotatable bonds is 16. The molecule has 1 atom stereocenters. The van der Waals surface area contributed by atoms with Crippen LogP contribution in [0.4, 0.5) is 34.5 Å². The fourth-order valence-corrected chi connectivity index (χ4v) is 10.7. The second kappa shape index (κ2) is 31.6.